The van der Waals surface area contributed by atoms with E-state index in [1.165, 1.54) is 0 Å². The molecule has 0 spiro atoms. The Morgan fingerprint density at radius 1 is 1.30 bits per heavy atom. The number of benzene rings is 1. The quantitative estimate of drug-likeness (QED) is 0.840. The van der Waals surface area contributed by atoms with Crippen molar-refractivity contribution < 1.29 is 14.7 Å². The van der Waals surface area contributed by atoms with Gasteiger partial charge in [0.2, 0.25) is 5.91 Å². The van der Waals surface area contributed by atoms with Crippen LogP contribution in [0.5, 0.6) is 0 Å². The molecule has 0 unspecified atom stereocenters. The molecule has 0 aliphatic heterocycles. The summed E-state index contributed by atoms with van der Waals surface area (Å²) in [6.45, 7) is 3.98. The van der Waals surface area contributed by atoms with Gasteiger partial charge in [0.05, 0.1) is 6.10 Å². The molecule has 0 heterocycles. The van der Waals surface area contributed by atoms with Crippen molar-refractivity contribution in [3.05, 3.63) is 35.9 Å². The van der Waals surface area contributed by atoms with Gasteiger partial charge in [-0.3, -0.25) is 9.59 Å². The predicted molar refractivity (Wildman–Crippen MR) is 89.0 cm³/mol. The van der Waals surface area contributed by atoms with E-state index >= 15 is 0 Å². The van der Waals surface area contributed by atoms with Crippen LogP contribution in [0.25, 0.3) is 0 Å². The van der Waals surface area contributed by atoms with Gasteiger partial charge in [0, 0.05) is 18.7 Å². The molecular formula is C18H26N2O3. The summed E-state index contributed by atoms with van der Waals surface area (Å²) in [6.07, 6.45) is 1.72. The number of hydrogen-bond donors (Lipinski definition) is 2. The minimum Gasteiger partial charge on any atom is -0.393 e. The van der Waals surface area contributed by atoms with Gasteiger partial charge in [-0.2, -0.15) is 0 Å². The van der Waals surface area contributed by atoms with Crippen LogP contribution in [-0.2, 0) is 4.79 Å². The summed E-state index contributed by atoms with van der Waals surface area (Å²) in [4.78, 5) is 26.8. The molecule has 5 nitrogen and oxygen atoms in total. The Morgan fingerprint density at radius 2 is 1.91 bits per heavy atom. The lowest BCUT2D eigenvalue weighted by Crippen LogP contribution is -2.56. The molecular weight excluding hydrogens is 292 g/mol. The molecule has 0 radical (unpaired) electrons. The van der Waals surface area contributed by atoms with Gasteiger partial charge in [-0.25, -0.2) is 0 Å². The Kier molecular flexibility index (Phi) is 5.77. The maximum Gasteiger partial charge on any atom is 0.251 e. The average molecular weight is 318 g/mol. The second-order valence-electron chi connectivity index (χ2n) is 6.43. The third kappa shape index (κ3) is 4.10. The fourth-order valence-electron chi connectivity index (χ4n) is 2.77. The van der Waals surface area contributed by atoms with Crippen molar-refractivity contribution in [3.8, 4) is 0 Å². The van der Waals surface area contributed by atoms with Crippen LogP contribution in [0.15, 0.2) is 30.3 Å². The van der Waals surface area contributed by atoms with Crippen LogP contribution >= 0.6 is 0 Å². The minimum atomic E-state index is -0.546. The lowest BCUT2D eigenvalue weighted by Gasteiger charge is -2.40. The van der Waals surface area contributed by atoms with Crippen molar-refractivity contribution in [2.75, 3.05) is 7.05 Å². The zero-order valence-electron chi connectivity index (χ0n) is 14.0. The largest absolute Gasteiger partial charge is 0.393 e. The Labute approximate surface area is 137 Å². The van der Waals surface area contributed by atoms with Crippen LogP contribution in [0.1, 0.15) is 43.5 Å². The van der Waals surface area contributed by atoms with Crippen molar-refractivity contribution in [1.29, 1.82) is 0 Å². The van der Waals surface area contributed by atoms with E-state index in [-0.39, 0.29) is 29.9 Å². The monoisotopic (exact) mass is 318 g/mol. The molecule has 2 atom stereocenters. The molecule has 0 aromatic heterocycles. The lowest BCUT2D eigenvalue weighted by molar-refractivity contribution is -0.139. The fourth-order valence-corrected chi connectivity index (χ4v) is 2.77. The van der Waals surface area contributed by atoms with Gasteiger partial charge in [0.25, 0.3) is 5.91 Å². The second-order valence-corrected chi connectivity index (χ2v) is 6.43. The topological polar surface area (TPSA) is 69.6 Å². The van der Waals surface area contributed by atoms with Gasteiger partial charge >= 0.3 is 0 Å². The highest BCUT2D eigenvalue weighted by Crippen LogP contribution is 2.26. The van der Waals surface area contributed by atoms with Crippen LogP contribution in [0.4, 0.5) is 0 Å². The molecule has 1 aromatic carbocycles. The van der Waals surface area contributed by atoms with Crippen molar-refractivity contribution in [2.24, 2.45) is 5.92 Å². The van der Waals surface area contributed by atoms with Crippen LogP contribution in [-0.4, -0.2) is 47.1 Å². The molecule has 2 amide bonds. The highest BCUT2D eigenvalue weighted by Gasteiger charge is 2.37. The first-order valence-electron chi connectivity index (χ1n) is 8.24. The SMILES string of the molecule is CC[C@H](C)[C@H](NC(=O)c1ccccc1)C(=O)N(C)C1CC(O)C1. The van der Waals surface area contributed by atoms with E-state index in [9.17, 15) is 14.7 Å². The van der Waals surface area contributed by atoms with E-state index in [0.717, 1.165) is 6.42 Å². The fraction of sp³-hybridized carbons (Fsp3) is 0.556. The molecule has 1 fully saturated rings. The third-order valence-corrected chi connectivity index (χ3v) is 4.79. The van der Waals surface area contributed by atoms with Crippen LogP contribution in [0.2, 0.25) is 0 Å². The Morgan fingerprint density at radius 3 is 2.43 bits per heavy atom. The van der Waals surface area contributed by atoms with E-state index in [2.05, 4.69) is 5.32 Å². The Balaban J connectivity index is 2.07. The molecule has 1 aliphatic carbocycles. The minimum absolute atomic E-state index is 0.0441. The van der Waals surface area contributed by atoms with Gasteiger partial charge in [-0.1, -0.05) is 38.5 Å². The number of aliphatic hydroxyl groups is 1. The Hall–Kier alpha value is -1.88. The molecule has 0 saturated heterocycles. The van der Waals surface area contributed by atoms with E-state index in [0.29, 0.717) is 18.4 Å². The number of hydrogen-bond acceptors (Lipinski definition) is 3. The number of nitrogens with one attached hydrogen (secondary N) is 1. The second kappa shape index (κ2) is 7.59. The van der Waals surface area contributed by atoms with Gasteiger partial charge < -0.3 is 15.3 Å². The van der Waals surface area contributed by atoms with Crippen LogP contribution < -0.4 is 5.32 Å². The number of carbonyl (C=O) groups excluding carboxylic acids is 2. The summed E-state index contributed by atoms with van der Waals surface area (Å²) >= 11 is 0. The first-order valence-corrected chi connectivity index (χ1v) is 8.24. The molecule has 0 bridgehead atoms. The van der Waals surface area contributed by atoms with Crippen LogP contribution in [0, 0.1) is 5.92 Å². The van der Waals surface area contributed by atoms with E-state index in [1.807, 2.05) is 19.9 Å². The van der Waals surface area contributed by atoms with E-state index < -0.39 is 6.04 Å². The van der Waals surface area contributed by atoms with Crippen molar-refractivity contribution >= 4 is 11.8 Å². The maximum atomic E-state index is 12.8. The van der Waals surface area contributed by atoms with E-state index in [4.69, 9.17) is 0 Å². The molecule has 2 rings (SSSR count). The summed E-state index contributed by atoms with van der Waals surface area (Å²) in [5, 5.41) is 12.3. The molecule has 1 aliphatic rings. The standard InChI is InChI=1S/C18H26N2O3/c1-4-12(2)16(18(23)20(3)14-10-15(21)11-14)19-17(22)13-8-6-5-7-9-13/h5-9,12,14-16,21H,4,10-11H2,1-3H3,(H,19,22)/t12-,14?,15?,16-/m0/s1. The highest BCUT2D eigenvalue weighted by molar-refractivity contribution is 5.97. The Bertz CT molecular complexity index is 540. The van der Waals surface area contributed by atoms with Gasteiger partial charge in [0.1, 0.15) is 6.04 Å². The molecule has 1 aromatic rings. The summed E-state index contributed by atoms with van der Waals surface area (Å²) in [6, 6.07) is 8.45. The lowest BCUT2D eigenvalue weighted by atomic mass is 9.87. The smallest absolute Gasteiger partial charge is 0.251 e. The summed E-state index contributed by atoms with van der Waals surface area (Å²) in [5.74, 6) is -0.269. The number of nitrogens with zero attached hydrogens (tertiary/aromatic N) is 1. The molecule has 126 valence electrons. The summed E-state index contributed by atoms with van der Waals surface area (Å²) in [5.41, 5.74) is 0.551. The number of rotatable bonds is 6. The normalized spacial score (nSPS) is 22.6. The molecule has 23 heavy (non-hydrogen) atoms. The van der Waals surface area contributed by atoms with Gasteiger partial charge in [0.15, 0.2) is 0 Å². The highest BCUT2D eigenvalue weighted by atomic mass is 16.3. The average Bonchev–Trinajstić information content (AvgIpc) is 2.55. The first-order chi connectivity index (χ1) is 10.9. The summed E-state index contributed by atoms with van der Waals surface area (Å²) < 4.78 is 0. The number of aliphatic hydroxyl groups excluding tert-OH is 1. The number of carbonyl (C=O) groups is 2. The van der Waals surface area contributed by atoms with E-state index in [1.54, 1.807) is 36.2 Å². The zero-order valence-corrected chi connectivity index (χ0v) is 14.0. The third-order valence-electron chi connectivity index (χ3n) is 4.79. The summed E-state index contributed by atoms with van der Waals surface area (Å²) in [7, 11) is 1.75. The number of amides is 2. The van der Waals surface area contributed by atoms with Crippen molar-refractivity contribution in [2.45, 2.75) is 51.3 Å². The number of likely N-dealkylation sites (N-methyl/N-ethyl adjacent to an activating group) is 1. The van der Waals surface area contributed by atoms with Gasteiger partial charge in [-0.05, 0) is 30.9 Å². The molecule has 1 saturated carbocycles. The van der Waals surface area contributed by atoms with Crippen LogP contribution in [0.3, 0.4) is 0 Å². The van der Waals surface area contributed by atoms with Gasteiger partial charge in [-0.15, -0.1) is 0 Å². The molecule has 5 heteroatoms. The predicted octanol–water partition coefficient (Wildman–Crippen LogP) is 1.81. The molecule has 2 N–H and O–H groups in total. The maximum absolute atomic E-state index is 12.8. The van der Waals surface area contributed by atoms with Crippen molar-refractivity contribution in [3.63, 3.8) is 0 Å². The zero-order chi connectivity index (χ0) is 17.0. The first kappa shape index (κ1) is 17.5. The van der Waals surface area contributed by atoms with Crippen molar-refractivity contribution in [1.82, 2.24) is 10.2 Å².